The van der Waals surface area contributed by atoms with E-state index < -0.39 is 21.8 Å². The van der Waals surface area contributed by atoms with Gasteiger partial charge >= 0.3 is 0 Å². The van der Waals surface area contributed by atoms with Crippen molar-refractivity contribution in [2.24, 2.45) is 5.84 Å². The van der Waals surface area contributed by atoms with Gasteiger partial charge in [0.15, 0.2) is 0 Å². The number of hydrazine groups is 1. The van der Waals surface area contributed by atoms with E-state index in [0.29, 0.717) is 18.9 Å². The Morgan fingerprint density at radius 2 is 1.89 bits per heavy atom. The first-order chi connectivity index (χ1) is 18.1. The molecule has 3 atom stereocenters. The molecular weight excluding hydrogens is 502 g/mol. The Bertz CT molecular complexity index is 1370. The Morgan fingerprint density at radius 1 is 1.13 bits per heavy atom. The van der Waals surface area contributed by atoms with Gasteiger partial charge in [0.1, 0.15) is 22.8 Å². The maximum atomic E-state index is 12.3. The van der Waals surface area contributed by atoms with Crippen molar-refractivity contribution >= 4 is 16.9 Å². The molecule has 0 radical (unpaired) electrons. The highest BCUT2D eigenvalue weighted by atomic mass is 32.2. The Kier molecular flexibility index (Phi) is 7.26. The minimum atomic E-state index is -1.56. The SMILES string of the molecule is Cc1nc(OCCC(C)(C)O)ccc1-c1cccc2c1CC[C@H]2Oc1ccc(C2CC(=O)N(N)S2=O)cc1. The zero-order valence-corrected chi connectivity index (χ0v) is 22.7. The number of aliphatic hydroxyl groups is 1. The number of amides is 1. The number of hydrogen-bond acceptors (Lipinski definition) is 7. The molecule has 5 rings (SSSR count). The van der Waals surface area contributed by atoms with Crippen LogP contribution in [0.25, 0.3) is 11.1 Å². The molecule has 3 N–H and O–H groups in total. The van der Waals surface area contributed by atoms with Crippen molar-refractivity contribution < 1.29 is 23.6 Å². The van der Waals surface area contributed by atoms with Gasteiger partial charge in [0.2, 0.25) is 11.8 Å². The van der Waals surface area contributed by atoms with Crippen molar-refractivity contribution in [3.05, 3.63) is 77.0 Å². The molecule has 1 aliphatic carbocycles. The summed E-state index contributed by atoms with van der Waals surface area (Å²) in [6.07, 6.45) is 2.35. The van der Waals surface area contributed by atoms with Crippen molar-refractivity contribution in [1.82, 2.24) is 9.40 Å². The van der Waals surface area contributed by atoms with Crippen LogP contribution in [0, 0.1) is 6.92 Å². The highest BCUT2D eigenvalue weighted by Crippen LogP contribution is 2.41. The molecule has 2 heterocycles. The van der Waals surface area contributed by atoms with Gasteiger partial charge in [-0.05, 0) is 74.1 Å². The van der Waals surface area contributed by atoms with Crippen molar-refractivity contribution in [3.8, 4) is 22.8 Å². The Hall–Kier alpha value is -3.27. The summed E-state index contributed by atoms with van der Waals surface area (Å²) in [5.74, 6) is 6.54. The van der Waals surface area contributed by atoms with Crippen LogP contribution in [0.2, 0.25) is 0 Å². The third-order valence-electron chi connectivity index (χ3n) is 7.10. The maximum Gasteiger partial charge on any atom is 0.250 e. The number of ether oxygens (including phenoxy) is 2. The van der Waals surface area contributed by atoms with Crippen LogP contribution in [0.4, 0.5) is 0 Å². The fourth-order valence-corrected chi connectivity index (χ4v) is 6.24. The van der Waals surface area contributed by atoms with E-state index >= 15 is 0 Å². The highest BCUT2D eigenvalue weighted by molar-refractivity contribution is 7.83. The number of aromatic nitrogens is 1. The zero-order valence-electron chi connectivity index (χ0n) is 21.8. The number of aryl methyl sites for hydroxylation is 1. The topological polar surface area (TPSA) is 115 Å². The van der Waals surface area contributed by atoms with Gasteiger partial charge in [-0.15, -0.1) is 0 Å². The molecule has 1 amide bonds. The van der Waals surface area contributed by atoms with Crippen molar-refractivity contribution in [2.75, 3.05) is 6.61 Å². The fourth-order valence-electron chi connectivity index (χ4n) is 5.02. The van der Waals surface area contributed by atoms with E-state index in [1.165, 1.54) is 5.56 Å². The number of fused-ring (bicyclic) bond motifs is 1. The van der Waals surface area contributed by atoms with E-state index in [1.54, 1.807) is 13.8 Å². The van der Waals surface area contributed by atoms with Gasteiger partial charge in [0.05, 0.1) is 17.5 Å². The second-order valence-corrected chi connectivity index (χ2v) is 12.0. The Balaban J connectivity index is 1.29. The van der Waals surface area contributed by atoms with E-state index in [2.05, 4.69) is 23.2 Å². The van der Waals surface area contributed by atoms with Crippen LogP contribution in [0.1, 0.15) is 66.8 Å². The first kappa shape index (κ1) is 26.3. The minimum absolute atomic E-state index is 0.0739. The summed E-state index contributed by atoms with van der Waals surface area (Å²) in [5, 5.41) is 9.47. The largest absolute Gasteiger partial charge is 0.486 e. The molecule has 3 aromatic rings. The summed E-state index contributed by atoms with van der Waals surface area (Å²) in [6.45, 7) is 5.91. The maximum absolute atomic E-state index is 12.3. The molecule has 0 bridgehead atoms. The predicted molar refractivity (Wildman–Crippen MR) is 145 cm³/mol. The number of nitrogens with two attached hydrogens (primary N) is 1. The van der Waals surface area contributed by atoms with Gasteiger partial charge < -0.3 is 14.6 Å². The molecule has 1 fully saturated rings. The van der Waals surface area contributed by atoms with Crippen LogP contribution in [0.3, 0.4) is 0 Å². The molecule has 8 nitrogen and oxygen atoms in total. The summed E-state index contributed by atoms with van der Waals surface area (Å²) in [7, 11) is -1.56. The quantitative estimate of drug-likeness (QED) is 0.323. The molecule has 200 valence electrons. The number of rotatable bonds is 8. The molecule has 9 heteroatoms. The van der Waals surface area contributed by atoms with Crippen LogP contribution < -0.4 is 15.3 Å². The number of carbonyl (C=O) groups is 1. The van der Waals surface area contributed by atoms with Gasteiger partial charge in [0.25, 0.3) is 0 Å². The summed E-state index contributed by atoms with van der Waals surface area (Å²) >= 11 is 0. The number of hydrogen-bond donors (Lipinski definition) is 2. The first-order valence-corrected chi connectivity index (χ1v) is 14.0. The van der Waals surface area contributed by atoms with Crippen LogP contribution in [0.5, 0.6) is 11.6 Å². The van der Waals surface area contributed by atoms with Crippen LogP contribution >= 0.6 is 0 Å². The zero-order chi connectivity index (χ0) is 27.0. The molecule has 0 spiro atoms. The Morgan fingerprint density at radius 3 is 2.55 bits per heavy atom. The third kappa shape index (κ3) is 5.45. The average molecular weight is 536 g/mol. The van der Waals surface area contributed by atoms with Gasteiger partial charge in [-0.2, -0.15) is 4.41 Å². The van der Waals surface area contributed by atoms with E-state index in [-0.39, 0.29) is 18.4 Å². The van der Waals surface area contributed by atoms with E-state index in [0.717, 1.165) is 51.0 Å². The third-order valence-corrected chi connectivity index (χ3v) is 8.62. The number of pyridine rings is 1. The van der Waals surface area contributed by atoms with Gasteiger partial charge in [-0.25, -0.2) is 15.0 Å². The number of nitrogens with zero attached hydrogens (tertiary/aromatic N) is 2. The summed E-state index contributed by atoms with van der Waals surface area (Å²) in [4.78, 5) is 16.4. The lowest BCUT2D eigenvalue weighted by atomic mass is 9.96. The summed E-state index contributed by atoms with van der Waals surface area (Å²) < 4.78 is 25.3. The van der Waals surface area contributed by atoms with Crippen molar-refractivity contribution in [1.29, 1.82) is 0 Å². The first-order valence-electron chi connectivity index (χ1n) is 12.8. The second-order valence-electron chi connectivity index (χ2n) is 10.5. The number of carbonyl (C=O) groups excluding carboxylic acids is 1. The minimum Gasteiger partial charge on any atom is -0.486 e. The van der Waals surface area contributed by atoms with Crippen molar-refractivity contribution in [3.63, 3.8) is 0 Å². The van der Waals surface area contributed by atoms with E-state index in [1.807, 2.05) is 43.3 Å². The lowest BCUT2D eigenvalue weighted by Crippen LogP contribution is -2.32. The lowest BCUT2D eigenvalue weighted by molar-refractivity contribution is -0.125. The molecule has 2 unspecified atom stereocenters. The fraction of sp³-hybridized carbons (Fsp3) is 0.379. The normalized spacial score (nSPS) is 21.0. The van der Waals surface area contributed by atoms with E-state index in [9.17, 15) is 14.1 Å². The molecule has 2 aliphatic rings. The molecule has 1 aromatic heterocycles. The van der Waals surface area contributed by atoms with Crippen LogP contribution in [-0.2, 0) is 22.2 Å². The summed E-state index contributed by atoms with van der Waals surface area (Å²) in [5.41, 5.74) is 5.56. The van der Waals surface area contributed by atoms with Gasteiger partial charge in [-0.1, -0.05) is 30.3 Å². The van der Waals surface area contributed by atoms with Crippen LogP contribution in [-0.4, -0.2) is 36.8 Å². The molecule has 0 saturated carbocycles. The smallest absolute Gasteiger partial charge is 0.250 e. The number of benzene rings is 2. The van der Waals surface area contributed by atoms with Gasteiger partial charge in [0, 0.05) is 30.2 Å². The standard InChI is InChI=1S/C29H33N3O5S/c1-18-21(12-14-27(31-18)36-16-15-29(2,3)34)22-5-4-6-24-23(22)11-13-25(24)37-20-9-7-19(8-10-20)26-17-28(33)32(30)38(26)35/h4-10,12,14,25-26,34H,11,13,15-17,30H2,1-3H3/t25-,26?,38?/m1/s1. The summed E-state index contributed by atoms with van der Waals surface area (Å²) in [6, 6.07) is 17.7. The highest BCUT2D eigenvalue weighted by Gasteiger charge is 2.37. The second kappa shape index (κ2) is 10.5. The molecular formula is C29H33N3O5S. The predicted octanol–water partition coefficient (Wildman–Crippen LogP) is 4.47. The monoisotopic (exact) mass is 535 g/mol. The molecule has 38 heavy (non-hydrogen) atoms. The van der Waals surface area contributed by atoms with Gasteiger partial charge in [-0.3, -0.25) is 4.79 Å². The molecule has 2 aromatic carbocycles. The molecule has 1 aliphatic heterocycles. The Labute approximate surface area is 225 Å². The van der Waals surface area contributed by atoms with Crippen LogP contribution in [0.15, 0.2) is 54.6 Å². The average Bonchev–Trinajstić information content (AvgIpc) is 3.40. The lowest BCUT2D eigenvalue weighted by Gasteiger charge is -2.18. The molecule has 1 saturated heterocycles. The van der Waals surface area contributed by atoms with E-state index in [4.69, 9.17) is 15.3 Å². The van der Waals surface area contributed by atoms with Crippen molar-refractivity contribution in [2.45, 2.75) is 63.4 Å².